The zero-order valence-electron chi connectivity index (χ0n) is 10.6. The Morgan fingerprint density at radius 3 is 2.72 bits per heavy atom. The van der Waals surface area contributed by atoms with Gasteiger partial charge in [0.05, 0.1) is 3.79 Å². The maximum atomic E-state index is 3.50. The van der Waals surface area contributed by atoms with Crippen LogP contribution in [0.25, 0.3) is 0 Å². The molecule has 0 spiro atoms. The fourth-order valence-corrected chi connectivity index (χ4v) is 3.46. The Hall–Kier alpha value is -0.840. The molecule has 2 rings (SSSR count). The number of nitrogens with one attached hydrogen (secondary N) is 1. The van der Waals surface area contributed by atoms with Crippen molar-refractivity contribution < 1.29 is 0 Å². The highest BCUT2D eigenvalue weighted by atomic mass is 79.9. The van der Waals surface area contributed by atoms with Crippen LogP contribution in [0.3, 0.4) is 0 Å². The van der Waals surface area contributed by atoms with Gasteiger partial charge in [-0.25, -0.2) is 0 Å². The first-order valence-electron chi connectivity index (χ1n) is 5.87. The summed E-state index contributed by atoms with van der Waals surface area (Å²) in [5.74, 6) is 0. The van der Waals surface area contributed by atoms with Crippen molar-refractivity contribution in [1.82, 2.24) is 4.90 Å². The minimum Gasteiger partial charge on any atom is -0.388 e. The van der Waals surface area contributed by atoms with E-state index in [1.165, 1.54) is 19.9 Å². The molecule has 0 atom stereocenters. The summed E-state index contributed by atoms with van der Waals surface area (Å²) in [6, 6.07) is 12.8. The Kier molecular flexibility index (Phi) is 4.80. The quantitative estimate of drug-likeness (QED) is 0.887. The smallest absolute Gasteiger partial charge is 0.0701 e. The van der Waals surface area contributed by atoms with Crippen molar-refractivity contribution in [2.45, 2.75) is 13.1 Å². The van der Waals surface area contributed by atoms with Gasteiger partial charge < -0.3 is 5.32 Å². The number of hydrogen-bond acceptors (Lipinski definition) is 3. The van der Waals surface area contributed by atoms with Crippen LogP contribution in [0.15, 0.2) is 40.2 Å². The average Bonchev–Trinajstić information content (AvgIpc) is 2.74. The van der Waals surface area contributed by atoms with Crippen LogP contribution >= 0.6 is 27.3 Å². The maximum absolute atomic E-state index is 3.50. The molecule has 4 heteroatoms. The summed E-state index contributed by atoms with van der Waals surface area (Å²) in [7, 11) is 4.10. The van der Waals surface area contributed by atoms with E-state index in [2.05, 4.69) is 69.6 Å². The Morgan fingerprint density at radius 2 is 2.06 bits per heavy atom. The lowest BCUT2D eigenvalue weighted by Crippen LogP contribution is -2.16. The SMILES string of the molecule is CNc1cccc(CN(C)Cc2ccc(Br)s2)c1. The van der Waals surface area contributed by atoms with Crippen molar-refractivity contribution in [3.8, 4) is 0 Å². The van der Waals surface area contributed by atoms with Gasteiger partial charge in [-0.05, 0) is 52.8 Å². The van der Waals surface area contributed by atoms with Crippen molar-refractivity contribution in [1.29, 1.82) is 0 Å². The van der Waals surface area contributed by atoms with Crippen molar-refractivity contribution in [2.24, 2.45) is 0 Å². The third-order valence-electron chi connectivity index (χ3n) is 2.72. The summed E-state index contributed by atoms with van der Waals surface area (Å²) in [6.07, 6.45) is 0. The van der Waals surface area contributed by atoms with Gasteiger partial charge in [-0.3, -0.25) is 4.90 Å². The molecule has 1 aromatic carbocycles. The normalized spacial score (nSPS) is 10.9. The highest BCUT2D eigenvalue weighted by molar-refractivity contribution is 9.11. The molecule has 1 aromatic heterocycles. The van der Waals surface area contributed by atoms with E-state index in [0.717, 1.165) is 13.1 Å². The van der Waals surface area contributed by atoms with Gasteiger partial charge in [0.1, 0.15) is 0 Å². The molecule has 0 saturated heterocycles. The number of nitrogens with zero attached hydrogens (tertiary/aromatic N) is 1. The lowest BCUT2D eigenvalue weighted by atomic mass is 10.2. The standard InChI is InChI=1S/C14H17BrN2S/c1-16-12-5-3-4-11(8-12)9-17(2)10-13-6-7-14(15)18-13/h3-8,16H,9-10H2,1-2H3. The highest BCUT2D eigenvalue weighted by Gasteiger charge is 2.04. The second-order valence-corrected chi connectivity index (χ2v) is 6.88. The summed E-state index contributed by atoms with van der Waals surface area (Å²) in [5, 5.41) is 3.17. The molecule has 0 bridgehead atoms. The minimum atomic E-state index is 0.963. The molecular formula is C14H17BrN2S. The summed E-state index contributed by atoms with van der Waals surface area (Å²) in [5.41, 5.74) is 2.50. The van der Waals surface area contributed by atoms with Gasteiger partial charge >= 0.3 is 0 Å². The van der Waals surface area contributed by atoms with Crippen LogP contribution in [0, 0.1) is 0 Å². The number of anilines is 1. The van der Waals surface area contributed by atoms with Gasteiger partial charge in [0.15, 0.2) is 0 Å². The van der Waals surface area contributed by atoms with Crippen molar-refractivity contribution in [2.75, 3.05) is 19.4 Å². The van der Waals surface area contributed by atoms with E-state index < -0.39 is 0 Å². The zero-order chi connectivity index (χ0) is 13.0. The van der Waals surface area contributed by atoms with E-state index in [-0.39, 0.29) is 0 Å². The maximum Gasteiger partial charge on any atom is 0.0701 e. The fourth-order valence-electron chi connectivity index (χ4n) is 1.90. The molecule has 2 aromatic rings. The fraction of sp³-hybridized carbons (Fsp3) is 0.286. The second-order valence-electron chi connectivity index (χ2n) is 4.33. The molecule has 0 aliphatic carbocycles. The topological polar surface area (TPSA) is 15.3 Å². The van der Waals surface area contributed by atoms with Gasteiger partial charge in [-0.2, -0.15) is 0 Å². The van der Waals surface area contributed by atoms with Crippen LogP contribution in [0.4, 0.5) is 5.69 Å². The Morgan fingerprint density at radius 1 is 1.22 bits per heavy atom. The zero-order valence-corrected chi connectivity index (χ0v) is 13.0. The van der Waals surface area contributed by atoms with Crippen molar-refractivity contribution in [3.63, 3.8) is 0 Å². The summed E-state index contributed by atoms with van der Waals surface area (Å²) < 4.78 is 1.20. The van der Waals surface area contributed by atoms with Crippen LogP contribution in [-0.2, 0) is 13.1 Å². The van der Waals surface area contributed by atoms with Gasteiger partial charge in [-0.15, -0.1) is 11.3 Å². The van der Waals surface area contributed by atoms with Gasteiger partial charge in [0.2, 0.25) is 0 Å². The third-order valence-corrected chi connectivity index (χ3v) is 4.33. The molecule has 0 aliphatic rings. The summed E-state index contributed by atoms with van der Waals surface area (Å²) in [4.78, 5) is 3.71. The van der Waals surface area contributed by atoms with Gasteiger partial charge in [-0.1, -0.05) is 12.1 Å². The van der Waals surface area contributed by atoms with Crippen molar-refractivity contribution >= 4 is 33.0 Å². The average molecular weight is 325 g/mol. The highest BCUT2D eigenvalue weighted by Crippen LogP contribution is 2.23. The first kappa shape index (κ1) is 13.6. The van der Waals surface area contributed by atoms with E-state index in [1.54, 1.807) is 11.3 Å². The number of rotatable bonds is 5. The lowest BCUT2D eigenvalue weighted by Gasteiger charge is -2.16. The molecule has 18 heavy (non-hydrogen) atoms. The summed E-state index contributed by atoms with van der Waals surface area (Å²) in [6.45, 7) is 1.95. The molecule has 1 N–H and O–H groups in total. The Bertz CT molecular complexity index is 510. The number of benzene rings is 1. The van der Waals surface area contributed by atoms with Gasteiger partial charge in [0.25, 0.3) is 0 Å². The first-order valence-corrected chi connectivity index (χ1v) is 7.48. The Labute approximate surface area is 121 Å². The number of halogens is 1. The van der Waals surface area contributed by atoms with E-state index in [9.17, 15) is 0 Å². The van der Waals surface area contributed by atoms with E-state index in [0.29, 0.717) is 0 Å². The molecule has 0 amide bonds. The lowest BCUT2D eigenvalue weighted by molar-refractivity contribution is 0.322. The van der Waals surface area contributed by atoms with Gasteiger partial charge in [0, 0.05) is 30.7 Å². The predicted molar refractivity (Wildman–Crippen MR) is 83.2 cm³/mol. The van der Waals surface area contributed by atoms with E-state index in [1.807, 2.05) is 7.05 Å². The van der Waals surface area contributed by atoms with E-state index in [4.69, 9.17) is 0 Å². The molecule has 2 nitrogen and oxygen atoms in total. The van der Waals surface area contributed by atoms with Crippen LogP contribution in [0.2, 0.25) is 0 Å². The molecule has 0 aliphatic heterocycles. The van der Waals surface area contributed by atoms with Crippen molar-refractivity contribution in [3.05, 3.63) is 50.6 Å². The predicted octanol–water partition coefficient (Wildman–Crippen LogP) is 4.18. The molecule has 0 radical (unpaired) electrons. The number of thiophene rings is 1. The minimum absolute atomic E-state index is 0.963. The number of hydrogen-bond donors (Lipinski definition) is 1. The van der Waals surface area contributed by atoms with Crippen LogP contribution in [-0.4, -0.2) is 19.0 Å². The molecule has 0 unspecified atom stereocenters. The molecular weight excluding hydrogens is 308 g/mol. The molecule has 1 heterocycles. The first-order chi connectivity index (χ1) is 8.67. The van der Waals surface area contributed by atoms with Crippen LogP contribution in [0.5, 0.6) is 0 Å². The monoisotopic (exact) mass is 324 g/mol. The van der Waals surface area contributed by atoms with E-state index >= 15 is 0 Å². The second kappa shape index (κ2) is 6.36. The summed E-state index contributed by atoms with van der Waals surface area (Å²) >= 11 is 5.30. The Balaban J connectivity index is 1.96. The van der Waals surface area contributed by atoms with Crippen LogP contribution < -0.4 is 5.32 Å². The molecule has 0 fully saturated rings. The largest absolute Gasteiger partial charge is 0.388 e. The molecule has 96 valence electrons. The third kappa shape index (κ3) is 3.83. The van der Waals surface area contributed by atoms with Crippen LogP contribution in [0.1, 0.15) is 10.4 Å². The molecule has 0 saturated carbocycles.